The van der Waals surface area contributed by atoms with Gasteiger partial charge >= 0.3 is 5.97 Å². The van der Waals surface area contributed by atoms with Gasteiger partial charge < -0.3 is 20.5 Å². The van der Waals surface area contributed by atoms with E-state index in [2.05, 4.69) is 64.5 Å². The van der Waals surface area contributed by atoms with Crippen LogP contribution in [0.2, 0.25) is 0 Å². The van der Waals surface area contributed by atoms with E-state index < -0.39 is 12.1 Å². The lowest BCUT2D eigenvalue weighted by Gasteiger charge is -2.38. The summed E-state index contributed by atoms with van der Waals surface area (Å²) < 4.78 is 7.54. The molecular formula is C29H34N2O4S. The maximum absolute atomic E-state index is 12.0. The lowest BCUT2D eigenvalue weighted by molar-refractivity contribution is -0.133. The van der Waals surface area contributed by atoms with Gasteiger partial charge in [0.05, 0.1) is 18.2 Å². The Morgan fingerprint density at radius 1 is 1.11 bits per heavy atom. The van der Waals surface area contributed by atoms with Gasteiger partial charge in [0.15, 0.2) is 0 Å². The number of carboxylic acids is 1. The number of carbonyl (C=O) groups is 2. The molecule has 3 atom stereocenters. The molecule has 190 valence electrons. The van der Waals surface area contributed by atoms with Gasteiger partial charge in [-0.25, -0.2) is 4.79 Å². The van der Waals surface area contributed by atoms with E-state index in [1.54, 1.807) is 17.4 Å². The number of benzene rings is 2. The van der Waals surface area contributed by atoms with Crippen LogP contribution in [-0.2, 0) is 20.9 Å². The Morgan fingerprint density at radius 2 is 1.83 bits per heavy atom. The van der Waals surface area contributed by atoms with E-state index in [0.717, 1.165) is 18.4 Å². The molecule has 1 aliphatic carbocycles. The number of thiophene rings is 1. The fourth-order valence-corrected chi connectivity index (χ4v) is 5.79. The molecule has 1 aliphatic rings. The minimum atomic E-state index is -0.950. The first-order chi connectivity index (χ1) is 17.4. The second kappa shape index (κ2) is 11.8. The molecule has 0 saturated heterocycles. The molecule has 6 nitrogen and oxygen atoms in total. The van der Waals surface area contributed by atoms with E-state index in [9.17, 15) is 14.7 Å². The van der Waals surface area contributed by atoms with Crippen LogP contribution in [0.4, 0.5) is 0 Å². The third-order valence-corrected chi connectivity index (χ3v) is 7.78. The van der Waals surface area contributed by atoms with Crippen molar-refractivity contribution in [3.05, 3.63) is 71.1 Å². The number of aliphatic carboxylic acids is 1. The first-order valence-corrected chi connectivity index (χ1v) is 13.4. The zero-order valence-corrected chi connectivity index (χ0v) is 21.8. The Balaban J connectivity index is 1.51. The van der Waals surface area contributed by atoms with Crippen molar-refractivity contribution in [1.29, 1.82) is 0 Å². The summed E-state index contributed by atoms with van der Waals surface area (Å²) in [5.74, 6) is -1.11. The smallest absolute Gasteiger partial charge is 0.331 e. The number of hydrogen-bond donors (Lipinski definition) is 3. The monoisotopic (exact) mass is 506 g/mol. The van der Waals surface area contributed by atoms with Crippen LogP contribution in [0.3, 0.4) is 0 Å². The summed E-state index contributed by atoms with van der Waals surface area (Å²) in [4.78, 5) is 23.9. The predicted octanol–water partition coefficient (Wildman–Crippen LogP) is 5.52. The van der Waals surface area contributed by atoms with Gasteiger partial charge in [0.1, 0.15) is 0 Å². The van der Waals surface area contributed by atoms with Crippen molar-refractivity contribution < 1.29 is 19.4 Å². The highest BCUT2D eigenvalue weighted by Gasteiger charge is 2.37. The maximum atomic E-state index is 12.0. The summed E-state index contributed by atoms with van der Waals surface area (Å²) in [6.07, 6.45) is 3.10. The summed E-state index contributed by atoms with van der Waals surface area (Å²) in [6.45, 7) is 6.12. The number of rotatable bonds is 10. The van der Waals surface area contributed by atoms with E-state index in [1.165, 1.54) is 28.1 Å². The summed E-state index contributed by atoms with van der Waals surface area (Å²) in [6, 6.07) is 16.2. The first kappa shape index (κ1) is 26.1. The lowest BCUT2D eigenvalue weighted by Crippen LogP contribution is -2.58. The average Bonchev–Trinajstić information content (AvgIpc) is 3.31. The SMILES string of the molecule is CCC(CC)O[C@@H]1C=C(C(=O)O)C[C@H](NCc2ccc(-c3csc4ccccc34)cc2)[C@H]1NC(C)=O. The van der Waals surface area contributed by atoms with Crippen molar-refractivity contribution in [2.75, 3.05) is 0 Å². The second-order valence-electron chi connectivity index (χ2n) is 9.30. The van der Waals surface area contributed by atoms with Gasteiger partial charge in [-0.05, 0) is 47.9 Å². The third-order valence-electron chi connectivity index (χ3n) is 6.81. The van der Waals surface area contributed by atoms with Crippen molar-refractivity contribution in [3.63, 3.8) is 0 Å². The van der Waals surface area contributed by atoms with Crippen molar-refractivity contribution in [2.24, 2.45) is 0 Å². The van der Waals surface area contributed by atoms with Crippen LogP contribution in [-0.4, -0.2) is 41.3 Å². The fourth-order valence-electron chi connectivity index (χ4n) is 4.82. The van der Waals surface area contributed by atoms with E-state index in [-0.39, 0.29) is 24.1 Å². The van der Waals surface area contributed by atoms with Crippen LogP contribution in [0, 0.1) is 0 Å². The minimum Gasteiger partial charge on any atom is -0.478 e. The first-order valence-electron chi connectivity index (χ1n) is 12.5. The number of fused-ring (bicyclic) bond motifs is 1. The standard InChI is InChI=1S/C29H34N2O4S/c1-4-22(5-2)35-26-15-21(29(33)34)14-25(28(26)31-18(3)32)30-16-19-10-12-20(13-11-19)24-17-36-27-9-7-6-8-23(24)27/h6-13,15,17,22,25-26,28,30H,4-5,14,16H2,1-3H3,(H,31,32)(H,33,34)/t25-,26+,28+/m0/s1. The Kier molecular flexibility index (Phi) is 8.56. The van der Waals surface area contributed by atoms with Gasteiger partial charge in [-0.2, -0.15) is 0 Å². The Bertz CT molecular complexity index is 1230. The van der Waals surface area contributed by atoms with Gasteiger partial charge in [0.2, 0.25) is 5.91 Å². The quantitative estimate of drug-likeness (QED) is 0.337. The number of carboxylic acid groups (broad SMARTS) is 1. The topological polar surface area (TPSA) is 87.7 Å². The molecule has 1 aromatic heterocycles. The van der Waals surface area contributed by atoms with E-state index >= 15 is 0 Å². The molecular weight excluding hydrogens is 472 g/mol. The second-order valence-corrected chi connectivity index (χ2v) is 10.2. The van der Waals surface area contributed by atoms with Crippen molar-refractivity contribution in [3.8, 4) is 11.1 Å². The lowest BCUT2D eigenvalue weighted by atomic mass is 9.87. The highest BCUT2D eigenvalue weighted by Crippen LogP contribution is 2.34. The zero-order valence-electron chi connectivity index (χ0n) is 21.0. The van der Waals surface area contributed by atoms with Gasteiger partial charge in [-0.15, -0.1) is 11.3 Å². The van der Waals surface area contributed by atoms with E-state index in [1.807, 2.05) is 13.8 Å². The summed E-state index contributed by atoms with van der Waals surface area (Å²) >= 11 is 1.74. The zero-order chi connectivity index (χ0) is 25.7. The number of carbonyl (C=O) groups excluding carboxylic acids is 1. The van der Waals surface area contributed by atoms with Crippen molar-refractivity contribution >= 4 is 33.3 Å². The predicted molar refractivity (Wildman–Crippen MR) is 145 cm³/mol. The molecule has 2 aromatic carbocycles. The normalized spacial score (nSPS) is 19.9. The Labute approximate surface area is 216 Å². The van der Waals surface area contributed by atoms with Crippen LogP contribution in [0.15, 0.2) is 65.6 Å². The molecule has 0 spiro atoms. The molecule has 3 aromatic rings. The molecule has 0 bridgehead atoms. The molecule has 4 rings (SSSR count). The van der Waals surface area contributed by atoms with Crippen LogP contribution in [0.25, 0.3) is 21.2 Å². The van der Waals surface area contributed by atoms with E-state index in [0.29, 0.717) is 18.5 Å². The molecule has 0 aliphatic heterocycles. The third kappa shape index (κ3) is 6.03. The largest absolute Gasteiger partial charge is 0.478 e. The Hall–Kier alpha value is -3.00. The number of nitrogens with one attached hydrogen (secondary N) is 2. The van der Waals surface area contributed by atoms with Crippen LogP contribution < -0.4 is 10.6 Å². The maximum Gasteiger partial charge on any atom is 0.331 e. The van der Waals surface area contributed by atoms with Gasteiger partial charge in [-0.3, -0.25) is 4.79 Å². The van der Waals surface area contributed by atoms with Crippen LogP contribution in [0.5, 0.6) is 0 Å². The molecule has 0 fully saturated rings. The molecule has 1 amide bonds. The van der Waals surface area contributed by atoms with Gasteiger partial charge in [0, 0.05) is 40.7 Å². The van der Waals surface area contributed by atoms with Crippen molar-refractivity contribution in [2.45, 2.75) is 70.9 Å². The molecule has 36 heavy (non-hydrogen) atoms. The highest BCUT2D eigenvalue weighted by molar-refractivity contribution is 7.17. The Morgan fingerprint density at radius 3 is 2.50 bits per heavy atom. The average molecular weight is 507 g/mol. The number of ether oxygens (including phenoxy) is 1. The molecule has 7 heteroatoms. The summed E-state index contributed by atoms with van der Waals surface area (Å²) in [7, 11) is 0. The highest BCUT2D eigenvalue weighted by atomic mass is 32.1. The van der Waals surface area contributed by atoms with Crippen LogP contribution in [0.1, 0.15) is 45.6 Å². The van der Waals surface area contributed by atoms with Gasteiger partial charge in [0.25, 0.3) is 0 Å². The minimum absolute atomic E-state index is 0.00275. The van der Waals surface area contributed by atoms with E-state index in [4.69, 9.17) is 4.74 Å². The molecule has 0 saturated carbocycles. The van der Waals surface area contributed by atoms with Crippen molar-refractivity contribution in [1.82, 2.24) is 10.6 Å². The number of hydrogen-bond acceptors (Lipinski definition) is 5. The molecule has 1 heterocycles. The number of amides is 1. The summed E-state index contributed by atoms with van der Waals surface area (Å²) in [5, 5.41) is 19.7. The van der Waals surface area contributed by atoms with Gasteiger partial charge in [-0.1, -0.05) is 56.3 Å². The molecule has 3 N–H and O–H groups in total. The van der Waals surface area contributed by atoms with Crippen LogP contribution >= 0.6 is 11.3 Å². The molecule has 0 unspecified atom stereocenters. The summed E-state index contributed by atoms with van der Waals surface area (Å²) in [5.41, 5.74) is 3.79. The fraction of sp³-hybridized carbons (Fsp3) is 0.379. The molecule has 0 radical (unpaired) electrons.